The van der Waals surface area contributed by atoms with E-state index in [1.54, 1.807) is 23.1 Å². The molecule has 1 atom stereocenters. The molecule has 33 heavy (non-hydrogen) atoms. The van der Waals surface area contributed by atoms with Crippen molar-refractivity contribution in [2.75, 3.05) is 5.32 Å². The van der Waals surface area contributed by atoms with Crippen molar-refractivity contribution in [1.82, 2.24) is 4.90 Å². The van der Waals surface area contributed by atoms with E-state index < -0.39 is 11.0 Å². The molecular formula is C25H23N3O5. The van der Waals surface area contributed by atoms with E-state index in [0.717, 1.165) is 11.1 Å². The lowest BCUT2D eigenvalue weighted by atomic mass is 10.1. The number of ether oxygens (including phenoxy) is 1. The third kappa shape index (κ3) is 5.01. The number of non-ortho nitro benzene ring substituents is 1. The minimum absolute atomic E-state index is 0.0750. The molecule has 1 N–H and O–H groups in total. The van der Waals surface area contributed by atoms with Crippen molar-refractivity contribution < 1.29 is 19.2 Å². The van der Waals surface area contributed by atoms with E-state index in [-0.39, 0.29) is 17.5 Å². The Balaban J connectivity index is 1.56. The van der Waals surface area contributed by atoms with Gasteiger partial charge in [0.1, 0.15) is 5.75 Å². The first-order valence-corrected chi connectivity index (χ1v) is 10.6. The van der Waals surface area contributed by atoms with Crippen molar-refractivity contribution >= 4 is 23.2 Å². The Bertz CT molecular complexity index is 1180. The number of carbonyl (C=O) groups is 2. The summed E-state index contributed by atoms with van der Waals surface area (Å²) in [6.45, 7) is 2.71. The topological polar surface area (TPSA) is 102 Å². The number of carbonyl (C=O) groups excluding carboxylic acids is 2. The molecule has 0 fully saturated rings. The van der Waals surface area contributed by atoms with Crippen LogP contribution in [0.25, 0.3) is 0 Å². The van der Waals surface area contributed by atoms with Crippen LogP contribution in [-0.4, -0.2) is 27.7 Å². The molecule has 168 valence electrons. The highest BCUT2D eigenvalue weighted by Crippen LogP contribution is 2.30. The van der Waals surface area contributed by atoms with Gasteiger partial charge in [-0.2, -0.15) is 0 Å². The summed E-state index contributed by atoms with van der Waals surface area (Å²) in [5.74, 6) is 0.149. The molecule has 0 aliphatic carbocycles. The number of nitrogens with one attached hydrogen (secondary N) is 1. The minimum Gasteiger partial charge on any atom is -0.480 e. The summed E-state index contributed by atoms with van der Waals surface area (Å²) < 4.78 is 6.00. The van der Waals surface area contributed by atoms with Crippen LogP contribution in [0.1, 0.15) is 34.8 Å². The fraction of sp³-hybridized carbons (Fsp3) is 0.200. The van der Waals surface area contributed by atoms with Crippen LogP contribution in [0.5, 0.6) is 5.75 Å². The summed E-state index contributed by atoms with van der Waals surface area (Å²) >= 11 is 0. The normalized spacial score (nSPS) is 15.2. The van der Waals surface area contributed by atoms with E-state index in [0.29, 0.717) is 36.5 Å². The number of rotatable bonds is 6. The first-order valence-electron chi connectivity index (χ1n) is 10.6. The molecule has 0 saturated carbocycles. The second kappa shape index (κ2) is 9.52. The van der Waals surface area contributed by atoms with Gasteiger partial charge >= 0.3 is 0 Å². The Morgan fingerprint density at radius 2 is 1.85 bits per heavy atom. The van der Waals surface area contributed by atoms with Gasteiger partial charge in [0.2, 0.25) is 0 Å². The van der Waals surface area contributed by atoms with Crippen molar-refractivity contribution in [3.05, 3.63) is 99.6 Å². The molecule has 0 aromatic heterocycles. The molecule has 0 radical (unpaired) electrons. The number of nitrogens with zero attached hydrogens (tertiary/aromatic N) is 2. The second-order valence-electron chi connectivity index (χ2n) is 7.78. The van der Waals surface area contributed by atoms with E-state index in [4.69, 9.17) is 4.74 Å². The van der Waals surface area contributed by atoms with E-state index in [9.17, 15) is 19.7 Å². The van der Waals surface area contributed by atoms with Gasteiger partial charge < -0.3 is 15.0 Å². The molecular weight excluding hydrogens is 422 g/mol. The van der Waals surface area contributed by atoms with E-state index in [2.05, 4.69) is 5.32 Å². The lowest BCUT2D eigenvalue weighted by molar-refractivity contribution is -0.384. The van der Waals surface area contributed by atoms with Crippen molar-refractivity contribution in [2.45, 2.75) is 32.5 Å². The summed E-state index contributed by atoms with van der Waals surface area (Å²) in [6, 6.07) is 20.4. The predicted molar refractivity (Wildman–Crippen MR) is 123 cm³/mol. The summed E-state index contributed by atoms with van der Waals surface area (Å²) in [6.07, 6.45) is -0.0298. The summed E-state index contributed by atoms with van der Waals surface area (Å²) in [5, 5.41) is 13.6. The zero-order valence-electron chi connectivity index (χ0n) is 18.1. The smallest absolute Gasteiger partial charge is 0.269 e. The molecule has 0 saturated heterocycles. The van der Waals surface area contributed by atoms with E-state index >= 15 is 0 Å². The lowest BCUT2D eigenvalue weighted by Crippen LogP contribution is -2.38. The highest BCUT2D eigenvalue weighted by atomic mass is 16.6. The lowest BCUT2D eigenvalue weighted by Gasteiger charge is -2.23. The largest absolute Gasteiger partial charge is 0.480 e. The fourth-order valence-corrected chi connectivity index (χ4v) is 3.72. The highest BCUT2D eigenvalue weighted by Gasteiger charge is 2.30. The Kier molecular flexibility index (Phi) is 6.35. The molecule has 8 heteroatoms. The molecule has 2 amide bonds. The third-order valence-corrected chi connectivity index (χ3v) is 5.46. The Hall–Kier alpha value is -4.20. The highest BCUT2D eigenvalue weighted by molar-refractivity contribution is 6.04. The van der Waals surface area contributed by atoms with Gasteiger partial charge in [0.05, 0.1) is 4.92 Å². The van der Waals surface area contributed by atoms with Crippen LogP contribution in [0.15, 0.2) is 72.8 Å². The first kappa shape index (κ1) is 22.0. The van der Waals surface area contributed by atoms with E-state index in [1.807, 2.05) is 37.3 Å². The number of nitro benzene ring substituents is 1. The van der Waals surface area contributed by atoms with Crippen LogP contribution in [0.4, 0.5) is 11.4 Å². The fourth-order valence-electron chi connectivity index (χ4n) is 3.72. The Labute approximate surface area is 190 Å². The van der Waals surface area contributed by atoms with Crippen LogP contribution in [0.2, 0.25) is 0 Å². The number of nitro groups is 1. The SMILES string of the molecule is CC[C@@H]1Oc2ccc(NC(=O)c3ccc([N+](=O)[O-])cc3)cc2CN(Cc2ccccc2)C1=O. The van der Waals surface area contributed by atoms with Gasteiger partial charge in [-0.15, -0.1) is 0 Å². The minimum atomic E-state index is -0.574. The van der Waals surface area contributed by atoms with Crippen LogP contribution in [0.3, 0.4) is 0 Å². The van der Waals surface area contributed by atoms with Crippen molar-refractivity contribution in [3.63, 3.8) is 0 Å². The molecule has 1 aliphatic heterocycles. The molecule has 3 aromatic carbocycles. The number of anilines is 1. The Morgan fingerprint density at radius 1 is 1.12 bits per heavy atom. The maximum Gasteiger partial charge on any atom is 0.269 e. The average Bonchev–Trinajstić information content (AvgIpc) is 2.95. The van der Waals surface area contributed by atoms with Crippen molar-refractivity contribution in [1.29, 1.82) is 0 Å². The van der Waals surface area contributed by atoms with Gasteiger partial charge in [-0.25, -0.2) is 0 Å². The zero-order chi connectivity index (χ0) is 23.4. The third-order valence-electron chi connectivity index (χ3n) is 5.46. The van der Waals surface area contributed by atoms with Gasteiger partial charge in [0, 0.05) is 42.0 Å². The zero-order valence-corrected chi connectivity index (χ0v) is 18.1. The Morgan fingerprint density at radius 3 is 2.52 bits per heavy atom. The summed E-state index contributed by atoms with van der Waals surface area (Å²) in [4.78, 5) is 37.7. The van der Waals surface area contributed by atoms with Gasteiger partial charge in [-0.3, -0.25) is 19.7 Å². The predicted octanol–water partition coefficient (Wildman–Crippen LogP) is 4.55. The number of fused-ring (bicyclic) bond motifs is 1. The monoisotopic (exact) mass is 445 g/mol. The van der Waals surface area contributed by atoms with Gasteiger partial charge in [-0.1, -0.05) is 37.3 Å². The molecule has 3 aromatic rings. The molecule has 1 aliphatic rings. The van der Waals surface area contributed by atoms with Crippen LogP contribution in [-0.2, 0) is 17.9 Å². The molecule has 0 spiro atoms. The standard InChI is InChI=1S/C25H23N3O5/c1-2-22-25(30)27(15-17-6-4-3-5-7-17)16-19-14-20(10-13-23(19)33-22)26-24(29)18-8-11-21(12-9-18)28(31)32/h3-14,22H,2,15-16H2,1H3,(H,26,29)/t22-/m0/s1. The van der Waals surface area contributed by atoms with Crippen LogP contribution < -0.4 is 10.1 Å². The first-order chi connectivity index (χ1) is 15.9. The molecule has 0 unspecified atom stereocenters. The maximum atomic E-state index is 13.1. The van der Waals surface area contributed by atoms with Gasteiger partial charge in [-0.05, 0) is 42.3 Å². The van der Waals surface area contributed by atoms with Gasteiger partial charge in [0.15, 0.2) is 6.10 Å². The number of benzene rings is 3. The number of hydrogen-bond donors (Lipinski definition) is 1. The molecule has 8 nitrogen and oxygen atoms in total. The summed E-state index contributed by atoms with van der Waals surface area (Å²) in [7, 11) is 0. The molecule has 1 heterocycles. The van der Waals surface area contributed by atoms with E-state index in [1.165, 1.54) is 24.3 Å². The number of amides is 2. The second-order valence-corrected chi connectivity index (χ2v) is 7.78. The van der Waals surface area contributed by atoms with Crippen molar-refractivity contribution in [2.24, 2.45) is 0 Å². The summed E-state index contributed by atoms with van der Waals surface area (Å²) in [5.41, 5.74) is 2.58. The molecule has 4 rings (SSSR count). The van der Waals surface area contributed by atoms with Gasteiger partial charge in [0.25, 0.3) is 17.5 Å². The van der Waals surface area contributed by atoms with Crippen molar-refractivity contribution in [3.8, 4) is 5.75 Å². The number of hydrogen-bond acceptors (Lipinski definition) is 5. The van der Waals surface area contributed by atoms with Crippen LogP contribution in [0, 0.1) is 10.1 Å². The molecule has 0 bridgehead atoms. The quantitative estimate of drug-likeness (QED) is 0.443. The average molecular weight is 445 g/mol. The van der Waals surface area contributed by atoms with Crippen LogP contribution >= 0.6 is 0 Å². The maximum absolute atomic E-state index is 13.1.